The van der Waals surface area contributed by atoms with Crippen LogP contribution in [0.1, 0.15) is 12.1 Å². The summed E-state index contributed by atoms with van der Waals surface area (Å²) >= 11 is 0. The van der Waals surface area contributed by atoms with E-state index < -0.39 is 0 Å². The van der Waals surface area contributed by atoms with Crippen LogP contribution in [0.15, 0.2) is 43.0 Å². The van der Waals surface area contributed by atoms with Crippen molar-refractivity contribution >= 4 is 16.6 Å². The van der Waals surface area contributed by atoms with Gasteiger partial charge in [-0.05, 0) is 13.3 Å². The van der Waals surface area contributed by atoms with E-state index in [0.717, 1.165) is 41.8 Å². The Morgan fingerprint density at radius 3 is 2.80 bits per heavy atom. The minimum Gasteiger partial charge on any atom is -0.368 e. The van der Waals surface area contributed by atoms with Crippen molar-refractivity contribution in [2.24, 2.45) is 0 Å². The van der Waals surface area contributed by atoms with Gasteiger partial charge in [0.15, 0.2) is 5.82 Å². The lowest BCUT2D eigenvalue weighted by atomic mass is 10.1. The molecule has 0 spiro atoms. The van der Waals surface area contributed by atoms with E-state index in [9.17, 15) is 0 Å². The molecule has 0 atom stereocenters. The zero-order chi connectivity index (χ0) is 13.8. The van der Waals surface area contributed by atoms with Crippen LogP contribution in [0.3, 0.4) is 0 Å². The van der Waals surface area contributed by atoms with Gasteiger partial charge >= 0.3 is 0 Å². The molecule has 3 rings (SSSR count). The van der Waals surface area contributed by atoms with E-state index >= 15 is 0 Å². The minimum atomic E-state index is 0.858. The Morgan fingerprint density at radius 2 is 2.00 bits per heavy atom. The molecule has 0 aliphatic rings. The lowest BCUT2D eigenvalue weighted by molar-refractivity contribution is 0.660. The van der Waals surface area contributed by atoms with E-state index in [1.165, 1.54) is 0 Å². The fourth-order valence-electron chi connectivity index (χ4n) is 2.26. The van der Waals surface area contributed by atoms with Crippen LogP contribution in [0.25, 0.3) is 10.8 Å². The zero-order valence-corrected chi connectivity index (χ0v) is 11.5. The summed E-state index contributed by atoms with van der Waals surface area (Å²) in [7, 11) is 0. The van der Waals surface area contributed by atoms with Crippen LogP contribution in [0.5, 0.6) is 0 Å². The van der Waals surface area contributed by atoms with Crippen molar-refractivity contribution in [1.82, 2.24) is 19.7 Å². The summed E-state index contributed by atoms with van der Waals surface area (Å²) in [6.45, 7) is 3.79. The number of hydrogen-bond acceptors (Lipinski definition) is 4. The molecule has 0 unspecified atom stereocenters. The summed E-state index contributed by atoms with van der Waals surface area (Å²) in [5.41, 5.74) is 0.963. The molecule has 0 fully saturated rings. The predicted molar refractivity (Wildman–Crippen MR) is 79.6 cm³/mol. The second kappa shape index (κ2) is 5.69. The third-order valence-electron chi connectivity index (χ3n) is 3.32. The number of hydrogen-bond donors (Lipinski definition) is 1. The molecule has 0 amide bonds. The second-order valence-electron chi connectivity index (χ2n) is 4.76. The molecule has 2 aromatic heterocycles. The first-order valence-electron chi connectivity index (χ1n) is 6.76. The Balaban J connectivity index is 1.67. The normalized spacial score (nSPS) is 10.8. The largest absolute Gasteiger partial charge is 0.368 e. The van der Waals surface area contributed by atoms with E-state index in [1.807, 2.05) is 31.6 Å². The average Bonchev–Trinajstić information content (AvgIpc) is 2.99. The zero-order valence-electron chi connectivity index (χ0n) is 11.5. The Morgan fingerprint density at radius 1 is 1.15 bits per heavy atom. The van der Waals surface area contributed by atoms with Crippen molar-refractivity contribution in [3.8, 4) is 0 Å². The van der Waals surface area contributed by atoms with Crippen molar-refractivity contribution in [3.63, 3.8) is 0 Å². The van der Waals surface area contributed by atoms with E-state index in [2.05, 4.69) is 37.2 Å². The molecule has 0 radical (unpaired) electrons. The highest BCUT2D eigenvalue weighted by molar-refractivity contribution is 5.92. The SMILES string of the molecule is Cc1nnc(NCCCn2ccnc2)c2ccccc12. The van der Waals surface area contributed by atoms with Crippen molar-refractivity contribution in [2.75, 3.05) is 11.9 Å². The van der Waals surface area contributed by atoms with Crippen LogP contribution in [0.2, 0.25) is 0 Å². The third-order valence-corrected chi connectivity index (χ3v) is 3.32. The van der Waals surface area contributed by atoms with Gasteiger partial charge in [0, 0.05) is 36.3 Å². The first-order chi connectivity index (χ1) is 9.84. The lowest BCUT2D eigenvalue weighted by Gasteiger charge is -2.09. The van der Waals surface area contributed by atoms with E-state index in [-0.39, 0.29) is 0 Å². The van der Waals surface area contributed by atoms with Gasteiger partial charge in [0.2, 0.25) is 0 Å². The van der Waals surface area contributed by atoms with Gasteiger partial charge in [-0.2, -0.15) is 5.10 Å². The molecule has 20 heavy (non-hydrogen) atoms. The molecular formula is C15H17N5. The van der Waals surface area contributed by atoms with E-state index in [1.54, 1.807) is 6.20 Å². The Kier molecular flexibility index (Phi) is 3.58. The van der Waals surface area contributed by atoms with Crippen LogP contribution in [0, 0.1) is 6.92 Å². The number of nitrogens with one attached hydrogen (secondary N) is 1. The number of fused-ring (bicyclic) bond motifs is 1. The van der Waals surface area contributed by atoms with Gasteiger partial charge in [-0.25, -0.2) is 4.98 Å². The highest BCUT2D eigenvalue weighted by Gasteiger charge is 2.05. The smallest absolute Gasteiger partial charge is 0.156 e. The fourth-order valence-corrected chi connectivity index (χ4v) is 2.26. The van der Waals surface area contributed by atoms with Gasteiger partial charge in [-0.1, -0.05) is 24.3 Å². The van der Waals surface area contributed by atoms with Crippen LogP contribution >= 0.6 is 0 Å². The molecule has 102 valence electrons. The summed E-state index contributed by atoms with van der Waals surface area (Å²) in [5.74, 6) is 0.858. The van der Waals surface area contributed by atoms with Gasteiger partial charge < -0.3 is 9.88 Å². The summed E-state index contributed by atoms with van der Waals surface area (Å²) in [5, 5.41) is 14.1. The number of benzene rings is 1. The Labute approximate surface area is 117 Å². The number of aryl methyl sites for hydroxylation is 2. The van der Waals surface area contributed by atoms with Crippen LogP contribution < -0.4 is 5.32 Å². The van der Waals surface area contributed by atoms with Crippen LogP contribution in [-0.4, -0.2) is 26.3 Å². The summed E-state index contributed by atoms with van der Waals surface area (Å²) in [4.78, 5) is 4.03. The van der Waals surface area contributed by atoms with Gasteiger partial charge in [0.25, 0.3) is 0 Å². The van der Waals surface area contributed by atoms with Gasteiger partial charge in [0.1, 0.15) is 0 Å². The summed E-state index contributed by atoms with van der Waals surface area (Å²) in [6, 6.07) is 8.21. The molecule has 0 aliphatic heterocycles. The van der Waals surface area contributed by atoms with Crippen LogP contribution in [-0.2, 0) is 6.54 Å². The molecule has 0 saturated heterocycles. The molecule has 5 nitrogen and oxygen atoms in total. The van der Waals surface area contributed by atoms with Gasteiger partial charge in [-0.15, -0.1) is 5.10 Å². The van der Waals surface area contributed by atoms with Crippen LogP contribution in [0.4, 0.5) is 5.82 Å². The van der Waals surface area contributed by atoms with Crippen molar-refractivity contribution in [2.45, 2.75) is 19.9 Å². The molecule has 3 aromatic rings. The number of aromatic nitrogens is 4. The number of imidazole rings is 1. The summed E-state index contributed by atoms with van der Waals surface area (Å²) in [6.07, 6.45) is 6.62. The minimum absolute atomic E-state index is 0.858. The topological polar surface area (TPSA) is 55.6 Å². The maximum Gasteiger partial charge on any atom is 0.156 e. The number of anilines is 1. The summed E-state index contributed by atoms with van der Waals surface area (Å²) < 4.78 is 2.07. The highest BCUT2D eigenvalue weighted by Crippen LogP contribution is 2.21. The molecular weight excluding hydrogens is 250 g/mol. The maximum absolute atomic E-state index is 4.26. The van der Waals surface area contributed by atoms with E-state index in [0.29, 0.717) is 0 Å². The molecule has 0 saturated carbocycles. The number of rotatable bonds is 5. The van der Waals surface area contributed by atoms with E-state index in [4.69, 9.17) is 0 Å². The lowest BCUT2D eigenvalue weighted by Crippen LogP contribution is -2.08. The first kappa shape index (κ1) is 12.6. The number of nitrogens with zero attached hydrogens (tertiary/aromatic N) is 4. The average molecular weight is 267 g/mol. The van der Waals surface area contributed by atoms with Crippen molar-refractivity contribution < 1.29 is 0 Å². The molecule has 1 aromatic carbocycles. The first-order valence-corrected chi connectivity index (χ1v) is 6.76. The van der Waals surface area contributed by atoms with Gasteiger partial charge in [-0.3, -0.25) is 0 Å². The quantitative estimate of drug-likeness (QED) is 0.722. The van der Waals surface area contributed by atoms with Crippen molar-refractivity contribution in [1.29, 1.82) is 0 Å². The highest BCUT2D eigenvalue weighted by atomic mass is 15.2. The Hall–Kier alpha value is -2.43. The predicted octanol–water partition coefficient (Wildman–Crippen LogP) is 2.64. The monoisotopic (exact) mass is 267 g/mol. The second-order valence-corrected chi connectivity index (χ2v) is 4.76. The molecule has 5 heteroatoms. The molecule has 2 heterocycles. The third kappa shape index (κ3) is 2.61. The van der Waals surface area contributed by atoms with Gasteiger partial charge in [0.05, 0.1) is 12.0 Å². The standard InChI is InChI=1S/C15H17N5/c1-12-13-5-2-3-6-14(13)15(19-18-12)17-7-4-9-20-10-8-16-11-20/h2-3,5-6,8,10-11H,4,7,9H2,1H3,(H,17,19). The molecule has 1 N–H and O–H groups in total. The molecule has 0 aliphatic carbocycles. The maximum atomic E-state index is 4.26. The molecule has 0 bridgehead atoms. The van der Waals surface area contributed by atoms with Crippen molar-refractivity contribution in [3.05, 3.63) is 48.7 Å². The fraction of sp³-hybridized carbons (Fsp3) is 0.267. The Bertz CT molecular complexity index is 691.